The van der Waals surface area contributed by atoms with Crippen molar-refractivity contribution in [1.29, 1.82) is 0 Å². The van der Waals surface area contributed by atoms with E-state index in [1.165, 1.54) is 25.7 Å². The maximum Gasteiger partial charge on any atom is 0.305 e. The van der Waals surface area contributed by atoms with Crippen LogP contribution in [-0.4, -0.2) is 36.9 Å². The summed E-state index contributed by atoms with van der Waals surface area (Å²) in [4.78, 5) is 22.7. The van der Waals surface area contributed by atoms with Crippen LogP contribution in [0.3, 0.4) is 0 Å². The van der Waals surface area contributed by atoms with Gasteiger partial charge in [-0.2, -0.15) is 0 Å². The SMILES string of the molecule is CCCCCCC(C)COC(=O)CCCCC(=O)OCCO. The zero-order chi connectivity index (χ0) is 16.6. The smallest absolute Gasteiger partial charge is 0.305 e. The van der Waals surface area contributed by atoms with E-state index in [2.05, 4.69) is 13.8 Å². The van der Waals surface area contributed by atoms with Crippen LogP contribution in [-0.2, 0) is 19.1 Å². The number of rotatable bonds is 14. The lowest BCUT2D eigenvalue weighted by Gasteiger charge is -2.11. The Kier molecular flexibility index (Phi) is 14.1. The van der Waals surface area contributed by atoms with Gasteiger partial charge in [0, 0.05) is 12.8 Å². The molecule has 0 amide bonds. The third-order valence-corrected chi connectivity index (χ3v) is 3.45. The predicted molar refractivity (Wildman–Crippen MR) is 85.4 cm³/mol. The van der Waals surface area contributed by atoms with Gasteiger partial charge in [-0.15, -0.1) is 0 Å². The third-order valence-electron chi connectivity index (χ3n) is 3.45. The molecule has 1 atom stereocenters. The quantitative estimate of drug-likeness (QED) is 0.393. The largest absolute Gasteiger partial charge is 0.465 e. The van der Waals surface area contributed by atoms with Gasteiger partial charge < -0.3 is 14.6 Å². The molecule has 22 heavy (non-hydrogen) atoms. The van der Waals surface area contributed by atoms with Gasteiger partial charge in [0.25, 0.3) is 0 Å². The van der Waals surface area contributed by atoms with Crippen molar-refractivity contribution in [2.75, 3.05) is 19.8 Å². The molecule has 0 rings (SSSR count). The molecule has 0 spiro atoms. The van der Waals surface area contributed by atoms with Crippen LogP contribution in [0.15, 0.2) is 0 Å². The van der Waals surface area contributed by atoms with E-state index in [4.69, 9.17) is 14.6 Å². The monoisotopic (exact) mass is 316 g/mol. The van der Waals surface area contributed by atoms with Gasteiger partial charge in [0.05, 0.1) is 13.2 Å². The van der Waals surface area contributed by atoms with Gasteiger partial charge in [-0.1, -0.05) is 39.5 Å². The average Bonchev–Trinajstić information content (AvgIpc) is 2.51. The molecule has 130 valence electrons. The van der Waals surface area contributed by atoms with E-state index in [1.54, 1.807) is 0 Å². The fourth-order valence-electron chi connectivity index (χ4n) is 2.08. The van der Waals surface area contributed by atoms with Crippen LogP contribution in [0.1, 0.15) is 71.6 Å². The number of hydrogen-bond donors (Lipinski definition) is 1. The van der Waals surface area contributed by atoms with E-state index in [0.717, 1.165) is 6.42 Å². The lowest BCUT2D eigenvalue weighted by Crippen LogP contribution is -2.12. The Morgan fingerprint density at radius 2 is 1.59 bits per heavy atom. The molecule has 0 aromatic heterocycles. The maximum atomic E-state index is 11.6. The van der Waals surface area contributed by atoms with Crippen molar-refractivity contribution in [2.24, 2.45) is 5.92 Å². The van der Waals surface area contributed by atoms with Crippen LogP contribution >= 0.6 is 0 Å². The molecule has 0 fully saturated rings. The molecule has 5 heteroatoms. The summed E-state index contributed by atoms with van der Waals surface area (Å²) in [5, 5.41) is 8.51. The predicted octanol–water partition coefficient (Wildman–Crippen LogP) is 3.23. The van der Waals surface area contributed by atoms with Gasteiger partial charge in [-0.25, -0.2) is 0 Å². The number of unbranched alkanes of at least 4 members (excludes halogenated alkanes) is 4. The molecule has 0 aromatic carbocycles. The fraction of sp³-hybridized carbons (Fsp3) is 0.882. The molecule has 0 heterocycles. The summed E-state index contributed by atoms with van der Waals surface area (Å²) in [5.41, 5.74) is 0. The van der Waals surface area contributed by atoms with Crippen LogP contribution < -0.4 is 0 Å². The zero-order valence-electron chi connectivity index (χ0n) is 14.1. The number of aliphatic hydroxyl groups excluding tert-OH is 1. The van der Waals surface area contributed by atoms with Crippen LogP contribution in [0.5, 0.6) is 0 Å². The van der Waals surface area contributed by atoms with Crippen LogP contribution in [0.4, 0.5) is 0 Å². The Labute approximate surface area is 134 Å². The molecule has 1 N–H and O–H groups in total. The number of aliphatic hydroxyl groups is 1. The van der Waals surface area contributed by atoms with Crippen molar-refractivity contribution in [3.63, 3.8) is 0 Å². The second-order valence-electron chi connectivity index (χ2n) is 5.79. The van der Waals surface area contributed by atoms with E-state index >= 15 is 0 Å². The van der Waals surface area contributed by atoms with Crippen molar-refractivity contribution in [2.45, 2.75) is 71.6 Å². The molecule has 0 bridgehead atoms. The summed E-state index contributed by atoms with van der Waals surface area (Å²) < 4.78 is 9.97. The second kappa shape index (κ2) is 14.8. The molecule has 0 aliphatic heterocycles. The zero-order valence-corrected chi connectivity index (χ0v) is 14.1. The van der Waals surface area contributed by atoms with Gasteiger partial charge >= 0.3 is 11.9 Å². The lowest BCUT2D eigenvalue weighted by atomic mass is 10.0. The highest BCUT2D eigenvalue weighted by atomic mass is 16.5. The Bertz CT molecular complexity index is 291. The number of ether oxygens (including phenoxy) is 2. The van der Waals surface area contributed by atoms with Gasteiger partial charge in [0.15, 0.2) is 0 Å². The maximum absolute atomic E-state index is 11.6. The van der Waals surface area contributed by atoms with E-state index in [0.29, 0.717) is 31.8 Å². The first-order chi connectivity index (χ1) is 10.6. The first kappa shape index (κ1) is 20.9. The molecule has 5 nitrogen and oxygen atoms in total. The van der Waals surface area contributed by atoms with Crippen LogP contribution in [0.2, 0.25) is 0 Å². The average molecular weight is 316 g/mol. The van der Waals surface area contributed by atoms with Crippen molar-refractivity contribution < 1.29 is 24.2 Å². The van der Waals surface area contributed by atoms with Gasteiger partial charge in [0.1, 0.15) is 6.61 Å². The number of carbonyl (C=O) groups excluding carboxylic acids is 2. The minimum atomic E-state index is -0.330. The van der Waals surface area contributed by atoms with Crippen LogP contribution in [0, 0.1) is 5.92 Å². The van der Waals surface area contributed by atoms with E-state index in [-0.39, 0.29) is 31.6 Å². The standard InChI is InChI=1S/C17H32O5/c1-3-4-5-6-9-15(2)14-22-17(20)11-8-7-10-16(19)21-13-12-18/h15,18H,3-14H2,1-2H3. The molecule has 0 aromatic rings. The number of hydrogen-bond acceptors (Lipinski definition) is 5. The summed E-state index contributed by atoms with van der Waals surface area (Å²) in [5.74, 6) is -0.110. The molecule has 1 unspecified atom stereocenters. The molecule has 0 aliphatic rings. The van der Waals surface area contributed by atoms with Crippen molar-refractivity contribution in [3.8, 4) is 0 Å². The lowest BCUT2D eigenvalue weighted by molar-refractivity contribution is -0.147. The molecular weight excluding hydrogens is 284 g/mol. The molecular formula is C17H32O5. The molecule has 0 aliphatic carbocycles. The topological polar surface area (TPSA) is 72.8 Å². The Balaban J connectivity index is 3.47. The summed E-state index contributed by atoms with van der Waals surface area (Å²) in [6.07, 6.45) is 7.90. The van der Waals surface area contributed by atoms with Gasteiger partial charge in [-0.05, 0) is 25.2 Å². The van der Waals surface area contributed by atoms with Crippen molar-refractivity contribution >= 4 is 11.9 Å². The summed E-state index contributed by atoms with van der Waals surface area (Å²) in [6, 6.07) is 0. The summed E-state index contributed by atoms with van der Waals surface area (Å²) in [6.45, 7) is 4.67. The van der Waals surface area contributed by atoms with Crippen molar-refractivity contribution in [1.82, 2.24) is 0 Å². The first-order valence-corrected chi connectivity index (χ1v) is 8.52. The minimum Gasteiger partial charge on any atom is -0.465 e. The fourth-order valence-corrected chi connectivity index (χ4v) is 2.08. The third kappa shape index (κ3) is 13.9. The molecule has 0 saturated carbocycles. The van der Waals surface area contributed by atoms with E-state index < -0.39 is 0 Å². The molecule has 0 radical (unpaired) electrons. The van der Waals surface area contributed by atoms with Crippen LogP contribution in [0.25, 0.3) is 0 Å². The number of esters is 2. The van der Waals surface area contributed by atoms with E-state index in [1.807, 2.05) is 0 Å². The Morgan fingerprint density at radius 3 is 2.18 bits per heavy atom. The minimum absolute atomic E-state index is 0.0387. The highest BCUT2D eigenvalue weighted by Crippen LogP contribution is 2.11. The highest BCUT2D eigenvalue weighted by molar-refractivity contribution is 5.70. The second-order valence-corrected chi connectivity index (χ2v) is 5.79. The van der Waals surface area contributed by atoms with Crippen molar-refractivity contribution in [3.05, 3.63) is 0 Å². The number of carbonyl (C=O) groups is 2. The normalized spacial score (nSPS) is 12.0. The Morgan fingerprint density at radius 1 is 0.955 bits per heavy atom. The summed E-state index contributed by atoms with van der Waals surface area (Å²) >= 11 is 0. The van der Waals surface area contributed by atoms with Gasteiger partial charge in [-0.3, -0.25) is 9.59 Å². The summed E-state index contributed by atoms with van der Waals surface area (Å²) in [7, 11) is 0. The van der Waals surface area contributed by atoms with E-state index in [9.17, 15) is 9.59 Å². The Hall–Kier alpha value is -1.10. The van der Waals surface area contributed by atoms with Gasteiger partial charge in [0.2, 0.25) is 0 Å². The first-order valence-electron chi connectivity index (χ1n) is 8.52. The highest BCUT2D eigenvalue weighted by Gasteiger charge is 2.08. The molecule has 0 saturated heterocycles.